The number of carbonyl (C=O) groups is 1. The fourth-order valence-corrected chi connectivity index (χ4v) is 3.71. The van der Waals surface area contributed by atoms with Crippen molar-refractivity contribution in [1.29, 1.82) is 0 Å². The van der Waals surface area contributed by atoms with E-state index in [4.69, 9.17) is 4.42 Å². The normalized spacial score (nSPS) is 10.9. The van der Waals surface area contributed by atoms with Gasteiger partial charge in [0.25, 0.3) is 5.91 Å². The first-order chi connectivity index (χ1) is 12.8. The molecule has 2 aromatic heterocycles. The Hall–Kier alpha value is -2.92. The van der Waals surface area contributed by atoms with Crippen molar-refractivity contribution in [3.8, 4) is 10.8 Å². The molecule has 1 N–H and O–H groups in total. The van der Waals surface area contributed by atoms with Crippen LogP contribution in [0.3, 0.4) is 0 Å². The monoisotopic (exact) mass is 362 g/mol. The summed E-state index contributed by atoms with van der Waals surface area (Å²) in [5.74, 6) is 0.755. The Morgan fingerprint density at radius 1 is 1.00 bits per heavy atom. The molecule has 2 heterocycles. The molecule has 0 saturated carbocycles. The van der Waals surface area contributed by atoms with Crippen LogP contribution in [0.1, 0.15) is 22.5 Å². The third-order valence-corrected chi connectivity index (χ3v) is 5.16. The number of carbonyl (C=O) groups excluding carboxylic acids is 1. The summed E-state index contributed by atoms with van der Waals surface area (Å²) in [6, 6.07) is 21.7. The molecule has 5 heteroatoms. The molecule has 130 valence electrons. The van der Waals surface area contributed by atoms with E-state index >= 15 is 0 Å². The minimum absolute atomic E-state index is 0.189. The molecule has 0 atom stereocenters. The first-order valence-electron chi connectivity index (χ1n) is 8.57. The van der Waals surface area contributed by atoms with E-state index in [-0.39, 0.29) is 5.91 Å². The number of benzene rings is 2. The number of furan rings is 1. The lowest BCUT2D eigenvalue weighted by Gasteiger charge is -2.03. The summed E-state index contributed by atoms with van der Waals surface area (Å²) in [7, 11) is 0. The molecular weight excluding hydrogens is 344 g/mol. The molecule has 2 aromatic carbocycles. The van der Waals surface area contributed by atoms with E-state index in [0.717, 1.165) is 28.1 Å². The topological polar surface area (TPSA) is 55.1 Å². The molecule has 0 aliphatic rings. The molecule has 0 aliphatic heterocycles. The predicted molar refractivity (Wildman–Crippen MR) is 104 cm³/mol. The highest BCUT2D eigenvalue weighted by Gasteiger charge is 2.14. The van der Waals surface area contributed by atoms with Gasteiger partial charge in [-0.2, -0.15) is 0 Å². The Labute approximate surface area is 155 Å². The third kappa shape index (κ3) is 3.68. The van der Waals surface area contributed by atoms with Crippen molar-refractivity contribution in [2.45, 2.75) is 12.8 Å². The number of aromatic nitrogens is 1. The number of fused-ring (bicyclic) bond motifs is 1. The van der Waals surface area contributed by atoms with Crippen molar-refractivity contribution in [2.24, 2.45) is 0 Å². The van der Waals surface area contributed by atoms with E-state index in [1.807, 2.05) is 42.5 Å². The van der Waals surface area contributed by atoms with Gasteiger partial charge in [0.1, 0.15) is 0 Å². The minimum atomic E-state index is -0.189. The van der Waals surface area contributed by atoms with Crippen molar-refractivity contribution in [3.05, 3.63) is 78.1 Å². The van der Waals surface area contributed by atoms with Gasteiger partial charge >= 0.3 is 0 Å². The third-order valence-electron chi connectivity index (χ3n) is 4.11. The van der Waals surface area contributed by atoms with Crippen LogP contribution in [0.4, 0.5) is 0 Å². The molecule has 0 fully saturated rings. The van der Waals surface area contributed by atoms with E-state index in [1.54, 1.807) is 23.5 Å². The molecule has 0 bridgehead atoms. The summed E-state index contributed by atoms with van der Waals surface area (Å²) in [5.41, 5.74) is 2.22. The van der Waals surface area contributed by atoms with E-state index in [0.29, 0.717) is 18.1 Å². The minimum Gasteiger partial charge on any atom is -0.448 e. The van der Waals surface area contributed by atoms with Crippen LogP contribution in [0.15, 0.2) is 71.1 Å². The van der Waals surface area contributed by atoms with Crippen LogP contribution >= 0.6 is 11.3 Å². The summed E-state index contributed by atoms with van der Waals surface area (Å²) in [6.45, 7) is 0.616. The van der Waals surface area contributed by atoms with Crippen LogP contribution < -0.4 is 5.32 Å². The van der Waals surface area contributed by atoms with Crippen LogP contribution in [0.2, 0.25) is 0 Å². The average Bonchev–Trinajstić information content (AvgIpc) is 3.32. The standard InChI is InChI=1S/C21H18N2O2S/c24-20(22-14-6-9-15-7-2-1-3-8-15)17-12-13-18(25-17)21-23-16-10-4-5-11-19(16)26-21/h1-5,7-8,10-13H,6,9,14H2,(H,22,24). The fourth-order valence-electron chi connectivity index (χ4n) is 2.78. The van der Waals surface area contributed by atoms with Crippen LogP contribution in [0.25, 0.3) is 21.0 Å². The first-order valence-corrected chi connectivity index (χ1v) is 9.39. The van der Waals surface area contributed by atoms with Gasteiger partial charge in [0.05, 0.1) is 10.2 Å². The highest BCUT2D eigenvalue weighted by atomic mass is 32.1. The number of nitrogens with zero attached hydrogens (tertiary/aromatic N) is 1. The van der Waals surface area contributed by atoms with Gasteiger partial charge in [0, 0.05) is 6.54 Å². The van der Waals surface area contributed by atoms with Gasteiger partial charge in [-0.1, -0.05) is 42.5 Å². The molecule has 0 radical (unpaired) electrons. The zero-order chi connectivity index (χ0) is 17.8. The molecular formula is C21H18N2O2S. The van der Waals surface area contributed by atoms with E-state index < -0.39 is 0 Å². The first kappa shape index (κ1) is 16.5. The number of aryl methyl sites for hydroxylation is 1. The average molecular weight is 362 g/mol. The van der Waals surface area contributed by atoms with Gasteiger partial charge in [-0.3, -0.25) is 4.79 Å². The van der Waals surface area contributed by atoms with Gasteiger partial charge < -0.3 is 9.73 Å². The van der Waals surface area contributed by atoms with Crippen molar-refractivity contribution < 1.29 is 9.21 Å². The number of hydrogen-bond donors (Lipinski definition) is 1. The molecule has 26 heavy (non-hydrogen) atoms. The molecule has 0 unspecified atom stereocenters. The maximum atomic E-state index is 12.3. The number of thiazole rings is 1. The SMILES string of the molecule is O=C(NCCCc1ccccc1)c1ccc(-c2nc3ccccc3s2)o1. The Morgan fingerprint density at radius 2 is 1.81 bits per heavy atom. The highest BCUT2D eigenvalue weighted by Crippen LogP contribution is 2.31. The van der Waals surface area contributed by atoms with Crippen LogP contribution in [0, 0.1) is 0 Å². The maximum Gasteiger partial charge on any atom is 0.287 e. The van der Waals surface area contributed by atoms with Crippen LogP contribution in [-0.4, -0.2) is 17.4 Å². The van der Waals surface area contributed by atoms with Gasteiger partial charge in [0.15, 0.2) is 16.5 Å². The summed E-state index contributed by atoms with van der Waals surface area (Å²) >= 11 is 1.56. The van der Waals surface area contributed by atoms with E-state index in [1.165, 1.54) is 5.56 Å². The second-order valence-electron chi connectivity index (χ2n) is 6.00. The van der Waals surface area contributed by atoms with Crippen LogP contribution in [0.5, 0.6) is 0 Å². The van der Waals surface area contributed by atoms with Crippen molar-refractivity contribution >= 4 is 27.5 Å². The lowest BCUT2D eigenvalue weighted by atomic mass is 10.1. The number of para-hydroxylation sites is 1. The second kappa shape index (κ2) is 7.54. The summed E-state index contributed by atoms with van der Waals surface area (Å²) in [4.78, 5) is 16.8. The molecule has 0 spiro atoms. The Morgan fingerprint density at radius 3 is 2.65 bits per heavy atom. The van der Waals surface area contributed by atoms with Crippen molar-refractivity contribution in [1.82, 2.24) is 10.3 Å². The largest absolute Gasteiger partial charge is 0.448 e. The molecule has 1 amide bonds. The Bertz CT molecular complexity index is 988. The summed E-state index contributed by atoms with van der Waals surface area (Å²) in [5, 5.41) is 3.70. The number of hydrogen-bond acceptors (Lipinski definition) is 4. The summed E-state index contributed by atoms with van der Waals surface area (Å²) < 4.78 is 6.81. The molecule has 0 saturated heterocycles. The number of rotatable bonds is 6. The molecule has 4 aromatic rings. The molecule has 0 aliphatic carbocycles. The zero-order valence-corrected chi connectivity index (χ0v) is 15.0. The maximum absolute atomic E-state index is 12.3. The lowest BCUT2D eigenvalue weighted by molar-refractivity contribution is 0.0926. The van der Waals surface area contributed by atoms with Crippen molar-refractivity contribution in [3.63, 3.8) is 0 Å². The van der Waals surface area contributed by atoms with E-state index in [9.17, 15) is 4.79 Å². The fraction of sp³-hybridized carbons (Fsp3) is 0.143. The van der Waals surface area contributed by atoms with Gasteiger partial charge in [0.2, 0.25) is 0 Å². The quantitative estimate of drug-likeness (QED) is 0.495. The van der Waals surface area contributed by atoms with E-state index in [2.05, 4.69) is 22.4 Å². The number of nitrogens with one attached hydrogen (secondary N) is 1. The van der Waals surface area contributed by atoms with Crippen LogP contribution in [-0.2, 0) is 6.42 Å². The smallest absolute Gasteiger partial charge is 0.287 e. The zero-order valence-electron chi connectivity index (χ0n) is 14.1. The Balaban J connectivity index is 1.35. The molecule has 4 nitrogen and oxygen atoms in total. The predicted octanol–water partition coefficient (Wildman–Crippen LogP) is 4.92. The Kier molecular flexibility index (Phi) is 4.80. The molecule has 4 rings (SSSR count). The lowest BCUT2D eigenvalue weighted by Crippen LogP contribution is -2.24. The second-order valence-corrected chi connectivity index (χ2v) is 7.03. The number of amides is 1. The van der Waals surface area contributed by atoms with Crippen molar-refractivity contribution in [2.75, 3.05) is 6.54 Å². The van der Waals surface area contributed by atoms with Gasteiger partial charge in [-0.15, -0.1) is 11.3 Å². The van der Waals surface area contributed by atoms with Gasteiger partial charge in [-0.25, -0.2) is 4.98 Å². The van der Waals surface area contributed by atoms with Gasteiger partial charge in [-0.05, 0) is 42.7 Å². The summed E-state index contributed by atoms with van der Waals surface area (Å²) in [6.07, 6.45) is 1.83. The highest BCUT2D eigenvalue weighted by molar-refractivity contribution is 7.21.